The van der Waals surface area contributed by atoms with Crippen molar-refractivity contribution in [2.24, 2.45) is 5.92 Å². The molecule has 0 saturated carbocycles. The van der Waals surface area contributed by atoms with E-state index in [1.165, 1.54) is 5.56 Å². The first-order valence-corrected chi connectivity index (χ1v) is 7.13. The molecule has 0 aliphatic carbocycles. The summed E-state index contributed by atoms with van der Waals surface area (Å²) in [5, 5.41) is 9.55. The maximum atomic E-state index is 12.1. The van der Waals surface area contributed by atoms with Gasteiger partial charge in [0.1, 0.15) is 5.75 Å². The average molecular weight is 277 g/mol. The smallest absolute Gasteiger partial charge is 0.260 e. The van der Waals surface area contributed by atoms with Gasteiger partial charge in [0.05, 0.1) is 6.10 Å². The molecule has 1 amide bonds. The monoisotopic (exact) mass is 277 g/mol. The van der Waals surface area contributed by atoms with Gasteiger partial charge in [-0.15, -0.1) is 0 Å². The molecule has 4 heteroatoms. The van der Waals surface area contributed by atoms with Crippen molar-refractivity contribution in [3.05, 3.63) is 29.3 Å². The molecule has 20 heavy (non-hydrogen) atoms. The number of aliphatic hydroxyl groups excluding tert-OH is 1. The molecule has 1 saturated heterocycles. The topological polar surface area (TPSA) is 49.8 Å². The van der Waals surface area contributed by atoms with Crippen LogP contribution < -0.4 is 4.74 Å². The van der Waals surface area contributed by atoms with E-state index in [0.717, 1.165) is 17.7 Å². The number of carbonyl (C=O) groups is 1. The van der Waals surface area contributed by atoms with E-state index in [4.69, 9.17) is 4.74 Å². The summed E-state index contributed by atoms with van der Waals surface area (Å²) in [5.41, 5.74) is 2.22. The number of likely N-dealkylation sites (tertiary alicyclic amines) is 1. The standard InChI is InChI=1S/C16H23NO3/c1-11-4-5-15(12(2)8-11)20-10-16(19)17-7-6-14(9-17)13(3)18/h4-5,8,13-14,18H,6-7,9-10H2,1-3H3. The van der Waals surface area contributed by atoms with Gasteiger partial charge in [-0.1, -0.05) is 17.7 Å². The van der Waals surface area contributed by atoms with Crippen LogP contribution in [0.15, 0.2) is 18.2 Å². The predicted octanol–water partition coefficient (Wildman–Crippen LogP) is 1.91. The molecule has 1 aromatic rings. The molecule has 110 valence electrons. The molecular weight excluding hydrogens is 254 g/mol. The second-order valence-corrected chi connectivity index (χ2v) is 5.69. The number of amides is 1. The lowest BCUT2D eigenvalue weighted by molar-refractivity contribution is -0.132. The minimum atomic E-state index is -0.354. The molecule has 4 nitrogen and oxygen atoms in total. The van der Waals surface area contributed by atoms with Gasteiger partial charge < -0.3 is 14.7 Å². The fourth-order valence-electron chi connectivity index (χ4n) is 2.60. The Labute approximate surface area is 120 Å². The predicted molar refractivity (Wildman–Crippen MR) is 77.8 cm³/mol. The minimum Gasteiger partial charge on any atom is -0.484 e. The van der Waals surface area contributed by atoms with Crippen LogP contribution in [0, 0.1) is 19.8 Å². The van der Waals surface area contributed by atoms with Crippen molar-refractivity contribution in [3.63, 3.8) is 0 Å². The third kappa shape index (κ3) is 3.51. The number of rotatable bonds is 4. The van der Waals surface area contributed by atoms with E-state index < -0.39 is 0 Å². The van der Waals surface area contributed by atoms with Crippen molar-refractivity contribution in [2.45, 2.75) is 33.3 Å². The van der Waals surface area contributed by atoms with Crippen LogP contribution in [0.5, 0.6) is 5.75 Å². The summed E-state index contributed by atoms with van der Waals surface area (Å²) in [6.45, 7) is 7.20. The zero-order valence-electron chi connectivity index (χ0n) is 12.4. The molecule has 1 fully saturated rings. The number of carbonyl (C=O) groups excluding carboxylic acids is 1. The van der Waals surface area contributed by atoms with E-state index in [2.05, 4.69) is 0 Å². The molecular formula is C16H23NO3. The van der Waals surface area contributed by atoms with Crippen LogP contribution in [-0.2, 0) is 4.79 Å². The number of benzene rings is 1. The summed E-state index contributed by atoms with van der Waals surface area (Å²) >= 11 is 0. The van der Waals surface area contributed by atoms with E-state index in [0.29, 0.717) is 13.1 Å². The summed E-state index contributed by atoms with van der Waals surface area (Å²) in [6, 6.07) is 5.92. The first kappa shape index (κ1) is 14.9. The highest BCUT2D eigenvalue weighted by atomic mass is 16.5. The van der Waals surface area contributed by atoms with E-state index in [1.54, 1.807) is 11.8 Å². The third-order valence-electron chi connectivity index (χ3n) is 3.94. The lowest BCUT2D eigenvalue weighted by atomic mass is 10.0. The Hall–Kier alpha value is -1.55. The molecule has 1 heterocycles. The number of hydrogen-bond acceptors (Lipinski definition) is 3. The van der Waals surface area contributed by atoms with Gasteiger partial charge in [-0.05, 0) is 38.8 Å². The molecule has 0 aromatic heterocycles. The maximum absolute atomic E-state index is 12.1. The zero-order valence-corrected chi connectivity index (χ0v) is 12.4. The van der Waals surface area contributed by atoms with Crippen LogP contribution in [0.25, 0.3) is 0 Å². The first-order valence-electron chi connectivity index (χ1n) is 7.13. The molecule has 0 radical (unpaired) electrons. The molecule has 1 aliphatic rings. The van der Waals surface area contributed by atoms with E-state index >= 15 is 0 Å². The molecule has 0 bridgehead atoms. The Morgan fingerprint density at radius 3 is 2.85 bits per heavy atom. The Balaban J connectivity index is 1.86. The second-order valence-electron chi connectivity index (χ2n) is 5.69. The van der Waals surface area contributed by atoms with Gasteiger partial charge >= 0.3 is 0 Å². The van der Waals surface area contributed by atoms with Gasteiger partial charge in [0.15, 0.2) is 6.61 Å². The van der Waals surface area contributed by atoms with Gasteiger partial charge in [-0.2, -0.15) is 0 Å². The van der Waals surface area contributed by atoms with Crippen molar-refractivity contribution in [1.29, 1.82) is 0 Å². The third-order valence-corrected chi connectivity index (χ3v) is 3.94. The summed E-state index contributed by atoms with van der Waals surface area (Å²) in [7, 11) is 0. The Morgan fingerprint density at radius 1 is 1.50 bits per heavy atom. The number of ether oxygens (including phenoxy) is 1. The highest BCUT2D eigenvalue weighted by Gasteiger charge is 2.29. The van der Waals surface area contributed by atoms with Crippen LogP contribution in [0.1, 0.15) is 24.5 Å². The van der Waals surface area contributed by atoms with Crippen molar-refractivity contribution in [3.8, 4) is 5.75 Å². The first-order chi connectivity index (χ1) is 9.47. The van der Waals surface area contributed by atoms with Gasteiger partial charge in [0.2, 0.25) is 0 Å². The van der Waals surface area contributed by atoms with Crippen molar-refractivity contribution in [2.75, 3.05) is 19.7 Å². The SMILES string of the molecule is Cc1ccc(OCC(=O)N2CCC(C(C)O)C2)c(C)c1. The van der Waals surface area contributed by atoms with Crippen molar-refractivity contribution < 1.29 is 14.6 Å². The molecule has 2 rings (SSSR count). The van der Waals surface area contributed by atoms with Crippen molar-refractivity contribution in [1.82, 2.24) is 4.90 Å². The lowest BCUT2D eigenvalue weighted by Gasteiger charge is -2.18. The van der Waals surface area contributed by atoms with E-state index in [1.807, 2.05) is 32.0 Å². The zero-order chi connectivity index (χ0) is 14.7. The van der Waals surface area contributed by atoms with Crippen LogP contribution in [-0.4, -0.2) is 41.7 Å². The van der Waals surface area contributed by atoms with Gasteiger partial charge in [0.25, 0.3) is 5.91 Å². The number of aryl methyl sites for hydroxylation is 2. The van der Waals surface area contributed by atoms with Gasteiger partial charge in [-0.3, -0.25) is 4.79 Å². The summed E-state index contributed by atoms with van der Waals surface area (Å²) < 4.78 is 5.61. The Morgan fingerprint density at radius 2 is 2.25 bits per heavy atom. The summed E-state index contributed by atoms with van der Waals surface area (Å²) in [5.74, 6) is 0.948. The molecule has 2 atom stereocenters. The van der Waals surface area contributed by atoms with Crippen LogP contribution in [0.3, 0.4) is 0 Å². The quantitative estimate of drug-likeness (QED) is 0.914. The Bertz CT molecular complexity index is 485. The number of nitrogens with zero attached hydrogens (tertiary/aromatic N) is 1. The largest absolute Gasteiger partial charge is 0.484 e. The van der Waals surface area contributed by atoms with Gasteiger partial charge in [-0.25, -0.2) is 0 Å². The van der Waals surface area contributed by atoms with Crippen molar-refractivity contribution >= 4 is 5.91 Å². The molecule has 0 spiro atoms. The Kier molecular flexibility index (Phi) is 4.65. The fraction of sp³-hybridized carbons (Fsp3) is 0.562. The lowest BCUT2D eigenvalue weighted by Crippen LogP contribution is -2.34. The normalized spacial score (nSPS) is 20.0. The second kappa shape index (κ2) is 6.27. The molecule has 1 aromatic carbocycles. The van der Waals surface area contributed by atoms with Crippen LogP contribution in [0.4, 0.5) is 0 Å². The van der Waals surface area contributed by atoms with E-state index in [-0.39, 0.29) is 24.5 Å². The number of aliphatic hydroxyl groups is 1. The van der Waals surface area contributed by atoms with Crippen LogP contribution in [0.2, 0.25) is 0 Å². The minimum absolute atomic E-state index is 0.00637. The maximum Gasteiger partial charge on any atom is 0.260 e. The molecule has 1 aliphatic heterocycles. The van der Waals surface area contributed by atoms with E-state index in [9.17, 15) is 9.90 Å². The van der Waals surface area contributed by atoms with Crippen LogP contribution >= 0.6 is 0 Å². The summed E-state index contributed by atoms with van der Waals surface area (Å²) in [4.78, 5) is 13.9. The molecule has 2 unspecified atom stereocenters. The van der Waals surface area contributed by atoms with Gasteiger partial charge in [0, 0.05) is 19.0 Å². The summed E-state index contributed by atoms with van der Waals surface area (Å²) in [6.07, 6.45) is 0.514. The average Bonchev–Trinajstić information content (AvgIpc) is 2.87. The highest BCUT2D eigenvalue weighted by molar-refractivity contribution is 5.78. The fourth-order valence-corrected chi connectivity index (χ4v) is 2.60. The highest BCUT2D eigenvalue weighted by Crippen LogP contribution is 2.21. The number of hydrogen-bond donors (Lipinski definition) is 1. The molecule has 1 N–H and O–H groups in total.